The number of hydrogen-bond donors (Lipinski definition) is 2. The third-order valence-corrected chi connectivity index (χ3v) is 6.12. The molecular weight excluding hydrogens is 390 g/mol. The first kappa shape index (κ1) is 20.7. The first-order valence-electron chi connectivity index (χ1n) is 9.26. The molecule has 1 atom stereocenters. The van der Waals surface area contributed by atoms with Gasteiger partial charge in [0.1, 0.15) is 5.75 Å². The van der Waals surface area contributed by atoms with E-state index < -0.39 is 10.9 Å². The molecule has 3 aromatic rings. The van der Waals surface area contributed by atoms with E-state index in [0.717, 1.165) is 16.8 Å². The van der Waals surface area contributed by atoms with Gasteiger partial charge in [0.05, 0.1) is 12.4 Å². The van der Waals surface area contributed by atoms with Crippen molar-refractivity contribution in [3.05, 3.63) is 64.0 Å². The second-order valence-corrected chi connectivity index (χ2v) is 7.76. The van der Waals surface area contributed by atoms with Crippen molar-refractivity contribution >= 4 is 23.4 Å². The highest BCUT2D eigenvalue weighted by Crippen LogP contribution is 2.25. The molecule has 0 fully saturated rings. The quantitative estimate of drug-likeness (QED) is 0.457. The Morgan fingerprint density at radius 3 is 2.62 bits per heavy atom. The number of carbonyl (C=O) groups excluding carboxylic acids is 1. The van der Waals surface area contributed by atoms with Gasteiger partial charge in [0.15, 0.2) is 0 Å². The van der Waals surface area contributed by atoms with Crippen LogP contribution in [0.4, 0.5) is 5.69 Å². The van der Waals surface area contributed by atoms with Crippen LogP contribution in [0.25, 0.3) is 5.69 Å². The number of anilines is 1. The predicted molar refractivity (Wildman–Crippen MR) is 112 cm³/mol. The van der Waals surface area contributed by atoms with Crippen LogP contribution in [0.3, 0.4) is 0 Å². The second-order valence-electron chi connectivity index (χ2n) is 6.57. The maximum absolute atomic E-state index is 12.9. The van der Waals surface area contributed by atoms with E-state index in [9.17, 15) is 9.59 Å². The SMILES string of the molecule is CCC(Sc1c(=O)o[nH][n+]1-c1ccc(OC)cc1)C(=O)Nc1cccc(C)c1C. The lowest BCUT2D eigenvalue weighted by Crippen LogP contribution is -2.37. The Kier molecular flexibility index (Phi) is 6.43. The first-order valence-corrected chi connectivity index (χ1v) is 10.1. The fourth-order valence-corrected chi connectivity index (χ4v) is 3.81. The first-order chi connectivity index (χ1) is 13.9. The van der Waals surface area contributed by atoms with E-state index in [1.807, 2.05) is 39.0 Å². The average molecular weight is 415 g/mol. The molecule has 152 valence electrons. The molecule has 0 aliphatic heterocycles. The molecule has 1 aromatic heterocycles. The van der Waals surface area contributed by atoms with E-state index in [1.165, 1.54) is 16.4 Å². The van der Waals surface area contributed by atoms with Crippen LogP contribution >= 0.6 is 11.8 Å². The van der Waals surface area contributed by atoms with Crippen molar-refractivity contribution in [2.24, 2.45) is 0 Å². The normalized spacial score (nSPS) is 11.9. The molecule has 0 saturated carbocycles. The number of benzene rings is 2. The predicted octanol–water partition coefficient (Wildman–Crippen LogP) is 3.38. The summed E-state index contributed by atoms with van der Waals surface area (Å²) in [7, 11) is 1.59. The van der Waals surface area contributed by atoms with E-state index in [-0.39, 0.29) is 5.91 Å². The van der Waals surface area contributed by atoms with Crippen molar-refractivity contribution in [2.75, 3.05) is 12.4 Å². The Labute approximate surface area is 173 Å². The Morgan fingerprint density at radius 2 is 1.97 bits per heavy atom. The molecule has 7 nitrogen and oxygen atoms in total. The standard InChI is InChI=1S/C21H23N3O4S/c1-5-18(19(25)22-17-8-6-7-13(2)14(17)3)29-20-21(26)28-23-24(20)15-9-11-16(27-4)12-10-15/h6-12,18H,5H2,1-4H3,(H-,22,23,25,26)/p+1. The molecule has 8 heteroatoms. The van der Waals surface area contributed by atoms with Gasteiger partial charge in [0.25, 0.3) is 0 Å². The van der Waals surface area contributed by atoms with Crippen molar-refractivity contribution in [1.82, 2.24) is 5.27 Å². The van der Waals surface area contributed by atoms with Crippen LogP contribution in [-0.4, -0.2) is 23.5 Å². The molecule has 3 rings (SSSR count). The largest absolute Gasteiger partial charge is 0.497 e. The van der Waals surface area contributed by atoms with Gasteiger partial charge >= 0.3 is 10.7 Å². The zero-order valence-electron chi connectivity index (χ0n) is 16.8. The van der Waals surface area contributed by atoms with Gasteiger partial charge in [-0.2, -0.15) is 0 Å². The maximum atomic E-state index is 12.9. The fourth-order valence-electron chi connectivity index (χ4n) is 2.82. The van der Waals surface area contributed by atoms with Gasteiger partial charge in [0, 0.05) is 17.8 Å². The summed E-state index contributed by atoms with van der Waals surface area (Å²) in [6.45, 7) is 5.88. The Morgan fingerprint density at radius 1 is 1.24 bits per heavy atom. The summed E-state index contributed by atoms with van der Waals surface area (Å²) in [5.41, 5.74) is 3.08. The number of thioether (sulfide) groups is 1. The minimum absolute atomic E-state index is 0.159. The number of nitrogens with one attached hydrogen (secondary N) is 2. The molecule has 0 radical (unpaired) electrons. The molecule has 2 aromatic carbocycles. The van der Waals surface area contributed by atoms with Crippen molar-refractivity contribution in [2.45, 2.75) is 37.5 Å². The number of aromatic nitrogens is 2. The van der Waals surface area contributed by atoms with Crippen LogP contribution < -0.4 is 20.4 Å². The van der Waals surface area contributed by atoms with E-state index in [4.69, 9.17) is 9.26 Å². The van der Waals surface area contributed by atoms with Gasteiger partial charge in [-0.05, 0) is 71.3 Å². The minimum Gasteiger partial charge on any atom is -0.497 e. The van der Waals surface area contributed by atoms with Crippen LogP contribution in [0.2, 0.25) is 0 Å². The van der Waals surface area contributed by atoms with Gasteiger partial charge in [-0.15, -0.1) is 0 Å². The minimum atomic E-state index is -0.524. The maximum Gasteiger partial charge on any atom is 0.442 e. The molecule has 1 heterocycles. The number of ether oxygens (including phenoxy) is 1. The number of H-pyrrole nitrogens is 1. The van der Waals surface area contributed by atoms with E-state index in [1.54, 1.807) is 31.4 Å². The smallest absolute Gasteiger partial charge is 0.442 e. The van der Waals surface area contributed by atoms with Crippen LogP contribution in [0.15, 0.2) is 56.8 Å². The summed E-state index contributed by atoms with van der Waals surface area (Å²) in [6, 6.07) is 12.9. The van der Waals surface area contributed by atoms with Gasteiger partial charge in [0.2, 0.25) is 11.6 Å². The number of nitrogens with zero attached hydrogens (tertiary/aromatic N) is 1. The molecule has 0 aliphatic carbocycles. The molecule has 0 saturated heterocycles. The number of hydrogen-bond acceptors (Lipinski definition) is 5. The fraction of sp³-hybridized carbons (Fsp3) is 0.286. The lowest BCUT2D eigenvalue weighted by Gasteiger charge is -2.14. The highest BCUT2D eigenvalue weighted by Gasteiger charge is 2.30. The Bertz CT molecular complexity index is 1060. The summed E-state index contributed by atoms with van der Waals surface area (Å²) < 4.78 is 11.7. The molecule has 1 amide bonds. The van der Waals surface area contributed by atoms with E-state index >= 15 is 0 Å². The number of carbonyl (C=O) groups is 1. The molecule has 0 bridgehead atoms. The Balaban J connectivity index is 1.83. The van der Waals surface area contributed by atoms with Crippen molar-refractivity contribution in [1.29, 1.82) is 0 Å². The zero-order valence-corrected chi connectivity index (χ0v) is 17.6. The highest BCUT2D eigenvalue weighted by molar-refractivity contribution is 8.00. The number of aromatic amines is 1. The van der Waals surface area contributed by atoms with Crippen LogP contribution in [0, 0.1) is 13.8 Å². The number of amides is 1. The lowest BCUT2D eigenvalue weighted by atomic mass is 10.1. The number of aryl methyl sites for hydroxylation is 1. The number of rotatable bonds is 7. The van der Waals surface area contributed by atoms with Crippen LogP contribution in [0.5, 0.6) is 5.75 Å². The summed E-state index contributed by atoms with van der Waals surface area (Å²) in [4.78, 5) is 25.1. The molecule has 1 unspecified atom stereocenters. The topological polar surface area (TPSA) is 88.2 Å². The summed E-state index contributed by atoms with van der Waals surface area (Å²) >= 11 is 1.17. The van der Waals surface area contributed by atoms with E-state index in [0.29, 0.717) is 22.9 Å². The van der Waals surface area contributed by atoms with Gasteiger partial charge < -0.3 is 10.1 Å². The molecule has 0 aliphatic rings. The van der Waals surface area contributed by atoms with E-state index in [2.05, 4.69) is 10.6 Å². The molecule has 0 spiro atoms. The molecule has 29 heavy (non-hydrogen) atoms. The number of methoxy groups -OCH3 is 1. The van der Waals surface area contributed by atoms with Crippen LogP contribution in [-0.2, 0) is 4.79 Å². The second kappa shape index (κ2) is 9.00. The summed E-state index contributed by atoms with van der Waals surface area (Å²) in [5.74, 6) is 0.543. The van der Waals surface area contributed by atoms with Crippen molar-refractivity contribution < 1.29 is 18.7 Å². The van der Waals surface area contributed by atoms with Gasteiger partial charge in [-0.3, -0.25) is 9.32 Å². The summed E-state index contributed by atoms with van der Waals surface area (Å²) in [5, 5.41) is 5.42. The van der Waals surface area contributed by atoms with Crippen LogP contribution in [0.1, 0.15) is 24.5 Å². The van der Waals surface area contributed by atoms with Gasteiger partial charge in [-0.25, -0.2) is 4.79 Å². The van der Waals surface area contributed by atoms with Crippen molar-refractivity contribution in [3.63, 3.8) is 0 Å². The zero-order chi connectivity index (χ0) is 21.0. The highest BCUT2D eigenvalue weighted by atomic mass is 32.2. The third kappa shape index (κ3) is 4.54. The monoisotopic (exact) mass is 414 g/mol. The molecular formula is C21H24N3O4S+. The third-order valence-electron chi connectivity index (χ3n) is 4.72. The Hall–Kier alpha value is -3.00. The lowest BCUT2D eigenvalue weighted by molar-refractivity contribution is -0.704. The summed E-state index contributed by atoms with van der Waals surface area (Å²) in [6.07, 6.45) is 0.550. The molecule has 2 N–H and O–H groups in total. The van der Waals surface area contributed by atoms with Crippen molar-refractivity contribution in [3.8, 4) is 11.4 Å². The average Bonchev–Trinajstić information content (AvgIpc) is 3.09. The van der Waals surface area contributed by atoms with Gasteiger partial charge in [-0.1, -0.05) is 19.1 Å².